The average Bonchev–Trinajstić information content (AvgIpc) is 0.918. The van der Waals surface area contributed by atoms with Crippen molar-refractivity contribution in [3.8, 4) is 0 Å². The summed E-state index contributed by atoms with van der Waals surface area (Å²) in [6, 6.07) is 0. The molecule has 0 N–H and O–H groups in total. The third-order valence-corrected chi connectivity index (χ3v) is 0. The number of hydrogen-bond acceptors (Lipinski definition) is 0. The monoisotopic (exact) mass is 197 g/mol. The number of rotatable bonds is 0. The molecule has 4 heavy (non-hydrogen) atoms. The first-order valence-corrected chi connectivity index (χ1v) is 2.54. The molecule has 0 aliphatic rings. The molecule has 19 valence electrons. The predicted octanol–water partition coefficient (Wildman–Crippen LogP) is 0.0788. The average molecular weight is 196 g/mol. The number of halogens is 2. The standard InChI is InChI=1S/2FH.K.Sn/h2*1H;;/q;;;+2/p-2. The molecule has 0 nitrogen and oxygen atoms in total. The van der Waals surface area contributed by atoms with E-state index < -0.39 is 22.3 Å². The van der Waals surface area contributed by atoms with Crippen molar-refractivity contribution < 1.29 is 5.73 Å². The molecule has 0 heterocycles. The van der Waals surface area contributed by atoms with Crippen molar-refractivity contribution >= 4 is 73.7 Å². The van der Waals surface area contributed by atoms with Crippen molar-refractivity contribution in [1.82, 2.24) is 0 Å². The molecule has 0 aliphatic carbocycles. The fourth-order valence-corrected chi connectivity index (χ4v) is 0. The van der Waals surface area contributed by atoms with Gasteiger partial charge in [0.05, 0.1) is 0 Å². The third kappa shape index (κ3) is 8.85. The zero-order chi connectivity index (χ0) is 2.71. The van der Waals surface area contributed by atoms with Crippen LogP contribution in [0.15, 0.2) is 0 Å². The minimum Gasteiger partial charge on any atom is 0 e. The molecule has 0 bridgehead atoms. The van der Waals surface area contributed by atoms with Gasteiger partial charge in [-0.3, -0.25) is 0 Å². The van der Waals surface area contributed by atoms with Crippen LogP contribution in [0.25, 0.3) is 0 Å². The van der Waals surface area contributed by atoms with Crippen LogP contribution in [0.3, 0.4) is 0 Å². The van der Waals surface area contributed by atoms with Gasteiger partial charge < -0.3 is 0 Å². The molecule has 3 radical (unpaired) electrons. The predicted molar refractivity (Wildman–Crippen MR) is 13.7 cm³/mol. The van der Waals surface area contributed by atoms with Crippen LogP contribution in [0.1, 0.15) is 0 Å². The Morgan fingerprint density at radius 3 is 1.25 bits per heavy atom. The van der Waals surface area contributed by atoms with Gasteiger partial charge in [0, 0.05) is 51.4 Å². The van der Waals surface area contributed by atoms with Crippen molar-refractivity contribution in [2.24, 2.45) is 0 Å². The van der Waals surface area contributed by atoms with Crippen LogP contribution in [-0.4, -0.2) is 73.7 Å². The second-order valence-corrected chi connectivity index (χ2v) is 0.479. The van der Waals surface area contributed by atoms with Gasteiger partial charge in [0.2, 0.25) is 0 Å². The van der Waals surface area contributed by atoms with Crippen LogP contribution in [0.4, 0.5) is 5.73 Å². The Morgan fingerprint density at radius 1 is 1.25 bits per heavy atom. The van der Waals surface area contributed by atoms with E-state index in [1.807, 2.05) is 0 Å². The Bertz CT molecular complexity index is 6.00. The zero-order valence-corrected chi connectivity index (χ0v) is 8.23. The molecule has 0 rings (SSSR count). The van der Waals surface area contributed by atoms with E-state index in [-0.39, 0.29) is 51.4 Å². The Hall–Kier alpha value is 2.30. The molecule has 0 spiro atoms. The molecule has 0 aromatic carbocycles. The first-order chi connectivity index (χ1) is 1.41. The molecular weight excluding hydrogens is 196 g/mol. The van der Waals surface area contributed by atoms with Crippen molar-refractivity contribution in [2.45, 2.75) is 0 Å². The minimum absolute atomic E-state index is 0. The van der Waals surface area contributed by atoms with Crippen LogP contribution >= 0.6 is 0 Å². The molecule has 0 saturated heterocycles. The van der Waals surface area contributed by atoms with E-state index in [1.54, 1.807) is 0 Å². The van der Waals surface area contributed by atoms with Crippen molar-refractivity contribution in [3.05, 3.63) is 0 Å². The van der Waals surface area contributed by atoms with E-state index in [1.165, 1.54) is 0 Å². The van der Waals surface area contributed by atoms with Crippen LogP contribution < -0.4 is 0 Å². The maximum Gasteiger partial charge on any atom is 0 e. The van der Waals surface area contributed by atoms with E-state index in [0.29, 0.717) is 0 Å². The maximum absolute atomic E-state index is 9.80. The zero-order valence-electron chi connectivity index (χ0n) is 2.26. The van der Waals surface area contributed by atoms with Gasteiger partial charge in [-0.1, -0.05) is 0 Å². The summed E-state index contributed by atoms with van der Waals surface area (Å²) in [4.78, 5) is 0. The fraction of sp³-hybridized carbons (Fsp3) is 0. The summed E-state index contributed by atoms with van der Waals surface area (Å²) in [6.07, 6.45) is 0. The van der Waals surface area contributed by atoms with Gasteiger partial charge in [0.15, 0.2) is 0 Å². The normalized spacial score (nSPS) is 4.50. The van der Waals surface area contributed by atoms with E-state index in [2.05, 4.69) is 0 Å². The minimum atomic E-state index is -2.77. The van der Waals surface area contributed by atoms with Gasteiger partial charge in [-0.25, -0.2) is 0 Å². The third-order valence-electron chi connectivity index (χ3n) is 0. The quantitative estimate of drug-likeness (QED) is 0.481. The van der Waals surface area contributed by atoms with Crippen molar-refractivity contribution in [2.75, 3.05) is 0 Å². The van der Waals surface area contributed by atoms with E-state index >= 15 is 0 Å². The fourth-order valence-electron chi connectivity index (χ4n) is 0. The summed E-state index contributed by atoms with van der Waals surface area (Å²) >= 11 is -2.77. The maximum atomic E-state index is 9.80. The molecule has 0 aromatic heterocycles. The van der Waals surface area contributed by atoms with Crippen LogP contribution in [-0.2, 0) is 0 Å². The van der Waals surface area contributed by atoms with Crippen LogP contribution in [0, 0.1) is 0 Å². The largest absolute Gasteiger partial charge is 0 e. The molecule has 0 unspecified atom stereocenters. The Morgan fingerprint density at radius 2 is 1.25 bits per heavy atom. The molecule has 4 heteroatoms. The first-order valence-electron chi connectivity index (χ1n) is 0.378. The van der Waals surface area contributed by atoms with Crippen LogP contribution in [0.5, 0.6) is 0 Å². The summed E-state index contributed by atoms with van der Waals surface area (Å²) in [5, 5.41) is 0. The van der Waals surface area contributed by atoms with E-state index in [4.69, 9.17) is 0 Å². The smallest absolute Gasteiger partial charge is 0 e. The topological polar surface area (TPSA) is 0 Å². The molecular formula is F2KSn. The second kappa shape index (κ2) is 9.00. The van der Waals surface area contributed by atoms with Gasteiger partial charge in [-0.05, 0) is 0 Å². The van der Waals surface area contributed by atoms with Gasteiger partial charge in [-0.2, -0.15) is 0 Å². The second-order valence-electron chi connectivity index (χ2n) is 0.0714. The van der Waals surface area contributed by atoms with Crippen LogP contribution in [0.2, 0.25) is 0 Å². The Kier molecular flexibility index (Phi) is 21.5. The summed E-state index contributed by atoms with van der Waals surface area (Å²) in [7, 11) is 0. The SMILES string of the molecule is [F][Sn][F].[K]. The number of hydrogen-bond donors (Lipinski definition) is 0. The Labute approximate surface area is 77.5 Å². The molecule has 0 saturated carbocycles. The van der Waals surface area contributed by atoms with Gasteiger partial charge in [0.1, 0.15) is 0 Å². The van der Waals surface area contributed by atoms with E-state index in [9.17, 15) is 5.73 Å². The van der Waals surface area contributed by atoms with Gasteiger partial charge in [-0.15, -0.1) is 0 Å². The first kappa shape index (κ1) is 9.57. The summed E-state index contributed by atoms with van der Waals surface area (Å²) in [5.74, 6) is 0. The van der Waals surface area contributed by atoms with Crippen molar-refractivity contribution in [3.63, 3.8) is 0 Å². The summed E-state index contributed by atoms with van der Waals surface area (Å²) < 4.78 is 19.6. The summed E-state index contributed by atoms with van der Waals surface area (Å²) in [5.41, 5.74) is 0. The summed E-state index contributed by atoms with van der Waals surface area (Å²) in [6.45, 7) is 0. The van der Waals surface area contributed by atoms with Crippen molar-refractivity contribution in [1.29, 1.82) is 0 Å². The molecule has 0 aliphatic heterocycles. The van der Waals surface area contributed by atoms with E-state index in [0.717, 1.165) is 0 Å². The Balaban J connectivity index is 0. The van der Waals surface area contributed by atoms with Gasteiger partial charge in [0.25, 0.3) is 0 Å². The molecule has 0 aromatic rings. The molecule has 0 amide bonds. The molecule has 0 fully saturated rings. The van der Waals surface area contributed by atoms with Gasteiger partial charge >= 0.3 is 28.0 Å². The molecule has 0 atom stereocenters.